The van der Waals surface area contributed by atoms with Crippen LogP contribution in [0.5, 0.6) is 0 Å². The van der Waals surface area contributed by atoms with Crippen molar-refractivity contribution in [3.05, 3.63) is 91.0 Å². The molecule has 0 saturated heterocycles. The Labute approximate surface area is 157 Å². The minimum absolute atomic E-state index is 0.519. The van der Waals surface area contributed by atoms with Gasteiger partial charge in [0.25, 0.3) is 0 Å². The molecule has 0 bridgehead atoms. The Kier molecular flexibility index (Phi) is 7.21. The molecule has 0 fully saturated rings. The van der Waals surface area contributed by atoms with E-state index < -0.39 is 0 Å². The maximum Gasteiger partial charge on any atom is 0.0604 e. The lowest BCUT2D eigenvalue weighted by Crippen LogP contribution is -1.99. The molecule has 0 nitrogen and oxygen atoms in total. The number of rotatable bonds is 8. The van der Waals surface area contributed by atoms with E-state index in [4.69, 9.17) is 0 Å². The van der Waals surface area contributed by atoms with Crippen LogP contribution in [-0.2, 0) is 0 Å². The fraction of sp³-hybridized carbons (Fsp3) is 0.143. The number of benzene rings is 3. The van der Waals surface area contributed by atoms with Crippen molar-refractivity contribution < 1.29 is 0 Å². The average Bonchev–Trinajstić information content (AvgIpc) is 2.64. The Hall–Kier alpha value is -1.29. The van der Waals surface area contributed by atoms with E-state index in [1.54, 1.807) is 0 Å². The van der Waals surface area contributed by atoms with Crippen molar-refractivity contribution in [3.63, 3.8) is 0 Å². The van der Waals surface area contributed by atoms with Crippen LogP contribution in [0.2, 0.25) is 0 Å². The topological polar surface area (TPSA) is 0 Å². The molecule has 0 N–H and O–H groups in total. The van der Waals surface area contributed by atoms with Crippen LogP contribution in [0.1, 0.15) is 6.42 Å². The highest BCUT2D eigenvalue weighted by Gasteiger charge is 2.12. The van der Waals surface area contributed by atoms with Crippen LogP contribution in [0.3, 0.4) is 0 Å². The van der Waals surface area contributed by atoms with Gasteiger partial charge in [-0.15, -0.1) is 35.3 Å². The van der Waals surface area contributed by atoms with Crippen molar-refractivity contribution in [1.82, 2.24) is 0 Å². The monoisotopic (exact) mass is 368 g/mol. The van der Waals surface area contributed by atoms with Crippen molar-refractivity contribution in [3.8, 4) is 0 Å². The van der Waals surface area contributed by atoms with Gasteiger partial charge >= 0.3 is 0 Å². The molecule has 122 valence electrons. The highest BCUT2D eigenvalue weighted by atomic mass is 32.2. The predicted octanol–water partition coefficient (Wildman–Crippen LogP) is 7.08. The minimum atomic E-state index is 0.519. The quantitative estimate of drug-likeness (QED) is 0.308. The molecular weight excluding hydrogens is 348 g/mol. The first-order chi connectivity index (χ1) is 11.9. The Bertz CT molecular complexity index is 657. The Morgan fingerprint density at radius 3 is 1.42 bits per heavy atom. The van der Waals surface area contributed by atoms with Gasteiger partial charge in [0.1, 0.15) is 0 Å². The molecule has 0 aliphatic rings. The molecule has 0 spiro atoms. The molecule has 3 heteroatoms. The number of hydrogen-bond donors (Lipinski definition) is 0. The molecule has 24 heavy (non-hydrogen) atoms. The highest BCUT2D eigenvalue weighted by molar-refractivity contribution is 8.17. The molecular formula is C21H20S3. The first-order valence-corrected chi connectivity index (χ1v) is 10.8. The van der Waals surface area contributed by atoms with Gasteiger partial charge < -0.3 is 0 Å². The summed E-state index contributed by atoms with van der Waals surface area (Å²) in [4.78, 5) is 4.04. The Balaban J connectivity index is 1.60. The van der Waals surface area contributed by atoms with Crippen molar-refractivity contribution in [2.75, 3.05) is 5.75 Å². The van der Waals surface area contributed by atoms with Gasteiger partial charge in [0, 0.05) is 14.7 Å². The van der Waals surface area contributed by atoms with E-state index in [0.29, 0.717) is 4.58 Å². The summed E-state index contributed by atoms with van der Waals surface area (Å²) in [7, 11) is 0. The molecule has 0 aliphatic carbocycles. The van der Waals surface area contributed by atoms with Gasteiger partial charge in [-0.05, 0) is 48.6 Å². The van der Waals surface area contributed by atoms with Crippen LogP contribution in [0, 0.1) is 0 Å². The number of thioether (sulfide) groups is 3. The maximum absolute atomic E-state index is 2.20. The second kappa shape index (κ2) is 9.87. The largest absolute Gasteiger partial charge is 0.126 e. The van der Waals surface area contributed by atoms with E-state index in [9.17, 15) is 0 Å². The third kappa shape index (κ3) is 5.97. The molecule has 0 amide bonds. The van der Waals surface area contributed by atoms with E-state index in [-0.39, 0.29) is 0 Å². The third-order valence-corrected chi connectivity index (χ3v) is 7.10. The maximum atomic E-state index is 2.20. The molecule has 0 saturated carbocycles. The second-order valence-corrected chi connectivity index (χ2v) is 9.26. The van der Waals surface area contributed by atoms with E-state index >= 15 is 0 Å². The van der Waals surface area contributed by atoms with E-state index in [1.807, 2.05) is 35.3 Å². The predicted molar refractivity (Wildman–Crippen MR) is 110 cm³/mol. The summed E-state index contributed by atoms with van der Waals surface area (Å²) in [5.74, 6) is 1.13. The molecule has 0 aliphatic heterocycles. The lowest BCUT2D eigenvalue weighted by atomic mass is 10.4. The lowest BCUT2D eigenvalue weighted by Gasteiger charge is -2.16. The summed E-state index contributed by atoms with van der Waals surface area (Å²) in [6.07, 6.45) is 1.17. The van der Waals surface area contributed by atoms with Crippen molar-refractivity contribution in [1.29, 1.82) is 0 Å². The molecule has 0 atom stereocenters. The summed E-state index contributed by atoms with van der Waals surface area (Å²) < 4.78 is 0.519. The molecule has 3 rings (SSSR count). The zero-order valence-electron chi connectivity index (χ0n) is 13.4. The van der Waals surface area contributed by atoms with Gasteiger partial charge in [-0.1, -0.05) is 54.6 Å². The van der Waals surface area contributed by atoms with Crippen molar-refractivity contribution in [2.45, 2.75) is 25.7 Å². The van der Waals surface area contributed by atoms with Crippen LogP contribution in [0.15, 0.2) is 106 Å². The Morgan fingerprint density at radius 2 is 0.958 bits per heavy atom. The van der Waals surface area contributed by atoms with Gasteiger partial charge in [-0.3, -0.25) is 0 Å². The zero-order valence-corrected chi connectivity index (χ0v) is 15.8. The number of hydrogen-bond acceptors (Lipinski definition) is 3. The van der Waals surface area contributed by atoms with Gasteiger partial charge in [-0.2, -0.15) is 0 Å². The van der Waals surface area contributed by atoms with Crippen LogP contribution in [0.4, 0.5) is 0 Å². The molecule has 0 heterocycles. The van der Waals surface area contributed by atoms with Crippen molar-refractivity contribution >= 4 is 35.3 Å². The van der Waals surface area contributed by atoms with Gasteiger partial charge in [0.05, 0.1) is 4.58 Å². The normalized spacial score (nSPS) is 10.9. The van der Waals surface area contributed by atoms with E-state index in [2.05, 4.69) is 91.0 Å². The summed E-state index contributed by atoms with van der Waals surface area (Å²) in [5, 5.41) is 0. The first-order valence-electron chi connectivity index (χ1n) is 8.01. The van der Waals surface area contributed by atoms with Crippen LogP contribution in [0.25, 0.3) is 0 Å². The zero-order chi connectivity index (χ0) is 16.5. The Morgan fingerprint density at radius 1 is 0.542 bits per heavy atom. The summed E-state index contributed by atoms with van der Waals surface area (Å²) in [5.41, 5.74) is 0. The standard InChI is InChI=1S/C21H20S3/c1-4-10-18(11-5-1)22-17-16-21(23-19-12-6-2-7-13-19)24-20-14-8-3-9-15-20/h1-15,21H,16-17H2. The van der Waals surface area contributed by atoms with Gasteiger partial charge in [0.15, 0.2) is 0 Å². The third-order valence-electron chi connectivity index (χ3n) is 3.39. The minimum Gasteiger partial charge on any atom is -0.126 e. The molecule has 3 aromatic rings. The van der Waals surface area contributed by atoms with Crippen LogP contribution in [-0.4, -0.2) is 10.3 Å². The highest BCUT2D eigenvalue weighted by Crippen LogP contribution is 2.38. The first kappa shape index (κ1) is 17.5. The van der Waals surface area contributed by atoms with Crippen LogP contribution >= 0.6 is 35.3 Å². The van der Waals surface area contributed by atoms with Crippen LogP contribution < -0.4 is 0 Å². The van der Waals surface area contributed by atoms with E-state index in [1.165, 1.54) is 21.1 Å². The van der Waals surface area contributed by atoms with Gasteiger partial charge in [-0.25, -0.2) is 0 Å². The second-order valence-electron chi connectivity index (χ2n) is 5.24. The fourth-order valence-corrected chi connectivity index (χ4v) is 6.04. The smallest absolute Gasteiger partial charge is 0.0604 e. The van der Waals surface area contributed by atoms with Crippen molar-refractivity contribution in [2.24, 2.45) is 0 Å². The average molecular weight is 369 g/mol. The summed E-state index contributed by atoms with van der Waals surface area (Å²) >= 11 is 5.88. The molecule has 0 radical (unpaired) electrons. The molecule has 3 aromatic carbocycles. The fourth-order valence-electron chi connectivity index (χ4n) is 2.23. The molecule has 0 unspecified atom stereocenters. The van der Waals surface area contributed by atoms with Gasteiger partial charge in [0.2, 0.25) is 0 Å². The molecule has 0 aromatic heterocycles. The SMILES string of the molecule is c1ccc(SCCC(Sc2ccccc2)Sc2ccccc2)cc1. The lowest BCUT2D eigenvalue weighted by molar-refractivity contribution is 1.07. The summed E-state index contributed by atoms with van der Waals surface area (Å²) in [6, 6.07) is 32.1. The van der Waals surface area contributed by atoms with E-state index in [0.717, 1.165) is 5.75 Å². The summed E-state index contributed by atoms with van der Waals surface area (Å²) in [6.45, 7) is 0.